The number of rotatable bonds is 8. The summed E-state index contributed by atoms with van der Waals surface area (Å²) in [4.78, 5) is 12.5. The molecule has 0 atom stereocenters. The van der Waals surface area contributed by atoms with E-state index in [4.69, 9.17) is 4.74 Å². The van der Waals surface area contributed by atoms with Gasteiger partial charge in [-0.2, -0.15) is 26.3 Å². The average Bonchev–Trinajstić information content (AvgIpc) is 3.33. The number of carbonyl (C=O) groups is 1. The lowest BCUT2D eigenvalue weighted by Crippen LogP contribution is -2.29. The van der Waals surface area contributed by atoms with Crippen molar-refractivity contribution in [1.29, 1.82) is 0 Å². The fourth-order valence-corrected chi connectivity index (χ4v) is 4.65. The number of halogens is 6. The van der Waals surface area contributed by atoms with Crippen LogP contribution in [0.1, 0.15) is 28.1 Å². The van der Waals surface area contributed by atoms with Crippen molar-refractivity contribution in [3.63, 3.8) is 0 Å². The molecule has 0 aliphatic rings. The number of nitrogens with zero attached hydrogens (tertiary/aromatic N) is 3. The van der Waals surface area contributed by atoms with Crippen LogP contribution in [-0.2, 0) is 24.7 Å². The summed E-state index contributed by atoms with van der Waals surface area (Å²) < 4.78 is 85.9. The second-order valence-electron chi connectivity index (χ2n) is 8.81. The number of amides is 2. The predicted octanol–water partition coefficient (Wildman–Crippen LogP) is 7.24. The van der Waals surface area contributed by atoms with E-state index in [0.717, 1.165) is 11.1 Å². The Bertz CT molecular complexity index is 1490. The summed E-state index contributed by atoms with van der Waals surface area (Å²) in [6.07, 6.45) is -10.1. The molecule has 4 rings (SSSR count). The average molecular weight is 596 g/mol. The number of benzene rings is 3. The normalized spacial score (nSPS) is 11.8. The molecule has 0 aliphatic heterocycles. The Morgan fingerprint density at radius 3 is 2.20 bits per heavy atom. The largest absolute Gasteiger partial charge is 0.497 e. The molecule has 2 amide bonds. The Kier molecular flexibility index (Phi) is 8.80. The van der Waals surface area contributed by atoms with Gasteiger partial charge >= 0.3 is 18.4 Å². The minimum atomic E-state index is -5.04. The number of carbonyl (C=O) groups excluding carboxylic acids is 1. The number of urea groups is 1. The molecule has 0 radical (unpaired) electrons. The first-order valence-electron chi connectivity index (χ1n) is 11.9. The summed E-state index contributed by atoms with van der Waals surface area (Å²) in [7, 11) is 1.57. The number of nitrogens with one attached hydrogen (secondary N) is 2. The van der Waals surface area contributed by atoms with E-state index >= 15 is 0 Å². The molecule has 0 saturated carbocycles. The van der Waals surface area contributed by atoms with Crippen molar-refractivity contribution in [3.8, 4) is 11.4 Å². The summed E-state index contributed by atoms with van der Waals surface area (Å²) in [6, 6.07) is 14.7. The van der Waals surface area contributed by atoms with Crippen LogP contribution < -0.4 is 15.4 Å². The van der Waals surface area contributed by atoms with Crippen molar-refractivity contribution in [3.05, 3.63) is 94.8 Å². The van der Waals surface area contributed by atoms with E-state index in [1.807, 2.05) is 60.8 Å². The second kappa shape index (κ2) is 12.1. The SMILES string of the molecule is COc1cccc(CSc2nnc(CNC(=O)Nc3cc(C(F)(F)F)cc(C(F)(F)F)c3)n2-c2ccc(C)cc2)c1. The summed E-state index contributed by atoms with van der Waals surface area (Å²) in [6.45, 7) is 1.69. The van der Waals surface area contributed by atoms with Gasteiger partial charge in [-0.05, 0) is 55.0 Å². The maximum Gasteiger partial charge on any atom is 0.416 e. The third-order valence-electron chi connectivity index (χ3n) is 5.75. The smallest absolute Gasteiger partial charge is 0.416 e. The maximum atomic E-state index is 13.2. The number of aryl methyl sites for hydroxylation is 1. The van der Waals surface area contributed by atoms with Crippen molar-refractivity contribution in [2.24, 2.45) is 0 Å². The van der Waals surface area contributed by atoms with Crippen LogP contribution in [0.5, 0.6) is 5.75 Å². The fraction of sp³-hybridized carbons (Fsp3) is 0.222. The van der Waals surface area contributed by atoms with Gasteiger partial charge in [0.2, 0.25) is 0 Å². The zero-order valence-electron chi connectivity index (χ0n) is 21.6. The van der Waals surface area contributed by atoms with Crippen LogP contribution in [0, 0.1) is 6.92 Å². The highest BCUT2D eigenvalue weighted by molar-refractivity contribution is 7.98. The monoisotopic (exact) mass is 595 g/mol. The number of thioether (sulfide) groups is 1. The molecule has 0 spiro atoms. The molecular formula is C27H23F6N5O2S. The molecule has 0 fully saturated rings. The lowest BCUT2D eigenvalue weighted by atomic mass is 10.1. The number of anilines is 1. The summed E-state index contributed by atoms with van der Waals surface area (Å²) >= 11 is 1.38. The molecular weight excluding hydrogens is 572 g/mol. The molecule has 1 heterocycles. The number of ether oxygens (including phenoxy) is 1. The number of methoxy groups -OCH3 is 1. The molecule has 1 aromatic heterocycles. The number of hydrogen-bond acceptors (Lipinski definition) is 5. The van der Waals surface area contributed by atoms with Crippen LogP contribution >= 0.6 is 11.8 Å². The number of aromatic nitrogens is 3. The van der Waals surface area contributed by atoms with Gasteiger partial charge < -0.3 is 15.4 Å². The maximum absolute atomic E-state index is 13.2. The molecule has 41 heavy (non-hydrogen) atoms. The van der Waals surface area contributed by atoms with Crippen molar-refractivity contribution < 1.29 is 35.9 Å². The van der Waals surface area contributed by atoms with E-state index in [2.05, 4.69) is 15.5 Å². The Hall–Kier alpha value is -4.20. The highest BCUT2D eigenvalue weighted by atomic mass is 32.2. The molecule has 0 aliphatic carbocycles. The molecule has 2 N–H and O–H groups in total. The van der Waals surface area contributed by atoms with E-state index in [0.29, 0.717) is 34.5 Å². The van der Waals surface area contributed by atoms with Crippen molar-refractivity contribution in [2.75, 3.05) is 12.4 Å². The minimum absolute atomic E-state index is 0.0160. The van der Waals surface area contributed by atoms with Crippen molar-refractivity contribution >= 4 is 23.5 Å². The predicted molar refractivity (Wildman–Crippen MR) is 141 cm³/mol. The highest BCUT2D eigenvalue weighted by Crippen LogP contribution is 2.37. The van der Waals surface area contributed by atoms with Gasteiger partial charge in [-0.15, -0.1) is 10.2 Å². The van der Waals surface area contributed by atoms with Crippen LogP contribution in [0.2, 0.25) is 0 Å². The minimum Gasteiger partial charge on any atom is -0.497 e. The topological polar surface area (TPSA) is 81.1 Å². The molecule has 0 saturated heterocycles. The first-order chi connectivity index (χ1) is 19.3. The number of hydrogen-bond donors (Lipinski definition) is 2. The Labute approximate surface area is 234 Å². The Balaban J connectivity index is 1.54. The fourth-order valence-electron chi connectivity index (χ4n) is 3.73. The second-order valence-corrected chi connectivity index (χ2v) is 9.75. The molecule has 7 nitrogen and oxygen atoms in total. The van der Waals surface area contributed by atoms with Gasteiger partial charge in [-0.25, -0.2) is 4.79 Å². The highest BCUT2D eigenvalue weighted by Gasteiger charge is 2.37. The molecule has 3 aromatic carbocycles. The first-order valence-corrected chi connectivity index (χ1v) is 12.9. The van der Waals surface area contributed by atoms with E-state index in [1.54, 1.807) is 11.7 Å². The Morgan fingerprint density at radius 2 is 1.59 bits per heavy atom. The molecule has 0 bridgehead atoms. The van der Waals surface area contributed by atoms with Crippen LogP contribution in [0.25, 0.3) is 5.69 Å². The van der Waals surface area contributed by atoms with Gasteiger partial charge in [0, 0.05) is 17.1 Å². The quantitative estimate of drug-likeness (QED) is 0.166. The van der Waals surface area contributed by atoms with Crippen molar-refractivity contribution in [2.45, 2.75) is 36.7 Å². The van der Waals surface area contributed by atoms with Gasteiger partial charge in [0.25, 0.3) is 0 Å². The zero-order chi connectivity index (χ0) is 29.8. The molecule has 4 aromatic rings. The van der Waals surface area contributed by atoms with Crippen LogP contribution in [-0.4, -0.2) is 27.9 Å². The standard InChI is InChI=1S/C27H23F6N5O2S/c1-16-6-8-21(9-7-16)38-23(36-37-25(38)41-15-17-4-3-5-22(10-17)40-2)14-34-24(39)35-20-12-18(26(28,29)30)11-19(13-20)27(31,32)33/h3-13H,14-15H2,1-2H3,(H2,34,35,39). The van der Waals surface area contributed by atoms with Gasteiger partial charge in [-0.1, -0.05) is 41.6 Å². The summed E-state index contributed by atoms with van der Waals surface area (Å²) in [5, 5.41) is 13.4. The third kappa shape index (κ3) is 7.72. The number of alkyl halides is 6. The van der Waals surface area contributed by atoms with E-state index in [1.165, 1.54) is 11.8 Å². The van der Waals surface area contributed by atoms with Gasteiger partial charge in [0.15, 0.2) is 11.0 Å². The van der Waals surface area contributed by atoms with Crippen LogP contribution in [0.3, 0.4) is 0 Å². The van der Waals surface area contributed by atoms with E-state index in [9.17, 15) is 31.1 Å². The van der Waals surface area contributed by atoms with Crippen LogP contribution in [0.15, 0.2) is 71.9 Å². The lowest BCUT2D eigenvalue weighted by molar-refractivity contribution is -0.143. The molecule has 14 heteroatoms. The Morgan fingerprint density at radius 1 is 0.927 bits per heavy atom. The van der Waals surface area contributed by atoms with Gasteiger partial charge in [0.1, 0.15) is 5.75 Å². The molecule has 216 valence electrons. The van der Waals surface area contributed by atoms with Crippen molar-refractivity contribution in [1.82, 2.24) is 20.1 Å². The first kappa shape index (κ1) is 29.8. The summed E-state index contributed by atoms with van der Waals surface area (Å²) in [5.74, 6) is 1.51. The van der Waals surface area contributed by atoms with E-state index in [-0.39, 0.29) is 18.4 Å². The van der Waals surface area contributed by atoms with E-state index < -0.39 is 35.2 Å². The van der Waals surface area contributed by atoms with Gasteiger partial charge in [0.05, 0.1) is 24.8 Å². The third-order valence-corrected chi connectivity index (χ3v) is 6.75. The zero-order valence-corrected chi connectivity index (χ0v) is 22.4. The van der Waals surface area contributed by atoms with Crippen LogP contribution in [0.4, 0.5) is 36.8 Å². The van der Waals surface area contributed by atoms with Gasteiger partial charge in [-0.3, -0.25) is 4.57 Å². The summed E-state index contributed by atoms with van der Waals surface area (Å²) in [5.41, 5.74) is -1.09. The lowest BCUT2D eigenvalue weighted by Gasteiger charge is -2.15. The molecule has 0 unspecified atom stereocenters.